The van der Waals surface area contributed by atoms with Crippen LogP contribution in [-0.2, 0) is 10.5 Å². The molecule has 0 aliphatic rings. The Morgan fingerprint density at radius 2 is 1.92 bits per heavy atom. The molecule has 0 aliphatic heterocycles. The van der Waals surface area contributed by atoms with Gasteiger partial charge in [-0.05, 0) is 39.8 Å². The molecule has 1 N–H and O–H groups in total. The van der Waals surface area contributed by atoms with Gasteiger partial charge in [0.15, 0.2) is 11.5 Å². The first-order chi connectivity index (χ1) is 12.0. The van der Waals surface area contributed by atoms with Gasteiger partial charge in [-0.1, -0.05) is 5.16 Å². The van der Waals surface area contributed by atoms with Crippen molar-refractivity contribution in [1.82, 2.24) is 5.16 Å². The highest BCUT2D eigenvalue weighted by molar-refractivity contribution is 7.99. The molecule has 2 rings (SSSR count). The molecule has 0 radical (unpaired) electrons. The van der Waals surface area contributed by atoms with E-state index in [4.69, 9.17) is 14.0 Å². The number of nitrogens with zero attached hydrogens (tertiary/aromatic N) is 1. The highest BCUT2D eigenvalue weighted by Gasteiger charge is 2.11. The molecule has 0 fully saturated rings. The number of nitrogens with one attached hydrogen (secondary N) is 1. The van der Waals surface area contributed by atoms with E-state index in [1.54, 1.807) is 12.1 Å². The number of rotatable bonds is 9. The second kappa shape index (κ2) is 9.36. The smallest absolute Gasteiger partial charge is 0.234 e. The zero-order valence-corrected chi connectivity index (χ0v) is 15.9. The summed E-state index contributed by atoms with van der Waals surface area (Å²) in [6.45, 7) is 8.70. The zero-order valence-electron chi connectivity index (χ0n) is 15.0. The van der Waals surface area contributed by atoms with Crippen LogP contribution in [0.4, 0.5) is 5.69 Å². The van der Waals surface area contributed by atoms with Gasteiger partial charge in [0.05, 0.1) is 24.7 Å². The van der Waals surface area contributed by atoms with Crippen molar-refractivity contribution < 1.29 is 18.8 Å². The molecule has 6 nitrogen and oxygen atoms in total. The summed E-state index contributed by atoms with van der Waals surface area (Å²) in [4.78, 5) is 12.1. The van der Waals surface area contributed by atoms with Crippen LogP contribution in [0.25, 0.3) is 0 Å². The Morgan fingerprint density at radius 1 is 1.20 bits per heavy atom. The molecule has 0 aliphatic carbocycles. The van der Waals surface area contributed by atoms with Crippen LogP contribution in [0.2, 0.25) is 0 Å². The highest BCUT2D eigenvalue weighted by Crippen LogP contribution is 2.30. The summed E-state index contributed by atoms with van der Waals surface area (Å²) in [7, 11) is 0. The number of carbonyl (C=O) groups excluding carboxylic acids is 1. The van der Waals surface area contributed by atoms with Gasteiger partial charge < -0.3 is 19.3 Å². The molecule has 0 saturated carbocycles. The summed E-state index contributed by atoms with van der Waals surface area (Å²) in [5.74, 6) is 3.09. The third kappa shape index (κ3) is 5.42. The number of thioether (sulfide) groups is 1. The van der Waals surface area contributed by atoms with Crippen molar-refractivity contribution in [3.63, 3.8) is 0 Å². The van der Waals surface area contributed by atoms with Crippen LogP contribution in [0.1, 0.15) is 30.9 Å². The molecule has 0 spiro atoms. The van der Waals surface area contributed by atoms with Crippen LogP contribution < -0.4 is 14.8 Å². The lowest BCUT2D eigenvalue weighted by Gasteiger charge is -2.13. The largest absolute Gasteiger partial charge is 0.490 e. The third-order valence-electron chi connectivity index (χ3n) is 3.49. The molecule has 1 aromatic heterocycles. The van der Waals surface area contributed by atoms with E-state index in [0.29, 0.717) is 41.9 Å². The van der Waals surface area contributed by atoms with Gasteiger partial charge in [-0.15, -0.1) is 11.8 Å². The molecule has 1 heterocycles. The fourth-order valence-electron chi connectivity index (χ4n) is 2.28. The van der Waals surface area contributed by atoms with E-state index in [2.05, 4.69) is 10.5 Å². The van der Waals surface area contributed by atoms with Crippen LogP contribution in [0.15, 0.2) is 22.7 Å². The van der Waals surface area contributed by atoms with Crippen molar-refractivity contribution in [2.45, 2.75) is 33.4 Å². The minimum Gasteiger partial charge on any atom is -0.490 e. The number of benzene rings is 1. The number of hydrogen-bond acceptors (Lipinski definition) is 6. The standard InChI is InChI=1S/C18H24N2O4S/c1-5-22-16-8-7-14(9-17(16)23-6-2)19-18(21)11-25-10-15-12(3)20-24-13(15)4/h7-9H,5-6,10-11H2,1-4H3,(H,19,21). The van der Waals surface area contributed by atoms with Crippen LogP contribution in [0.3, 0.4) is 0 Å². The second-order valence-corrected chi connectivity index (χ2v) is 6.36. The number of ether oxygens (including phenoxy) is 2. The average Bonchev–Trinajstić information content (AvgIpc) is 2.89. The van der Waals surface area contributed by atoms with Gasteiger partial charge in [0.1, 0.15) is 5.76 Å². The minimum absolute atomic E-state index is 0.0663. The molecule has 0 saturated heterocycles. The maximum absolute atomic E-state index is 12.1. The fourth-order valence-corrected chi connectivity index (χ4v) is 3.26. The van der Waals surface area contributed by atoms with E-state index in [-0.39, 0.29) is 5.91 Å². The van der Waals surface area contributed by atoms with E-state index in [1.165, 1.54) is 11.8 Å². The lowest BCUT2D eigenvalue weighted by Crippen LogP contribution is -2.14. The van der Waals surface area contributed by atoms with Crippen LogP contribution in [0, 0.1) is 13.8 Å². The van der Waals surface area contributed by atoms with Gasteiger partial charge in [0.2, 0.25) is 5.91 Å². The number of anilines is 1. The molecule has 0 atom stereocenters. The molecule has 0 bridgehead atoms. The number of amides is 1. The number of hydrogen-bond donors (Lipinski definition) is 1. The topological polar surface area (TPSA) is 73.6 Å². The summed E-state index contributed by atoms with van der Waals surface area (Å²) >= 11 is 1.52. The molecule has 1 amide bonds. The van der Waals surface area contributed by atoms with E-state index < -0.39 is 0 Å². The predicted octanol–water partition coefficient (Wildman–Crippen LogP) is 3.96. The fraction of sp³-hybridized carbons (Fsp3) is 0.444. The van der Waals surface area contributed by atoms with Crippen molar-refractivity contribution in [3.8, 4) is 11.5 Å². The summed E-state index contributed by atoms with van der Waals surface area (Å²) in [5, 5.41) is 6.80. The average molecular weight is 364 g/mol. The minimum atomic E-state index is -0.0663. The van der Waals surface area contributed by atoms with E-state index >= 15 is 0 Å². The Kier molecular flexibility index (Phi) is 7.18. The first-order valence-corrected chi connectivity index (χ1v) is 9.39. The Bertz CT molecular complexity index is 696. The quantitative estimate of drug-likeness (QED) is 0.726. The van der Waals surface area contributed by atoms with Gasteiger partial charge in [-0.3, -0.25) is 4.79 Å². The lowest BCUT2D eigenvalue weighted by atomic mass is 10.2. The number of carbonyl (C=O) groups is 1. The van der Waals surface area contributed by atoms with E-state index in [9.17, 15) is 4.79 Å². The van der Waals surface area contributed by atoms with Crippen LogP contribution >= 0.6 is 11.8 Å². The molecular weight excluding hydrogens is 340 g/mol. The van der Waals surface area contributed by atoms with E-state index in [0.717, 1.165) is 17.0 Å². The third-order valence-corrected chi connectivity index (χ3v) is 4.45. The Labute approximate surface area is 152 Å². The number of aryl methyl sites for hydroxylation is 2. The first-order valence-electron chi connectivity index (χ1n) is 8.24. The van der Waals surface area contributed by atoms with Gasteiger partial charge in [-0.2, -0.15) is 0 Å². The second-order valence-electron chi connectivity index (χ2n) is 5.37. The SMILES string of the molecule is CCOc1ccc(NC(=O)CSCc2c(C)noc2C)cc1OCC. The van der Waals surface area contributed by atoms with Gasteiger partial charge >= 0.3 is 0 Å². The summed E-state index contributed by atoms with van der Waals surface area (Å²) in [6.07, 6.45) is 0. The van der Waals surface area contributed by atoms with Crippen molar-refractivity contribution in [1.29, 1.82) is 0 Å². The Hall–Kier alpha value is -2.15. The summed E-state index contributed by atoms with van der Waals surface area (Å²) in [6, 6.07) is 5.40. The van der Waals surface area contributed by atoms with Crippen molar-refractivity contribution >= 4 is 23.4 Å². The monoisotopic (exact) mass is 364 g/mol. The maximum atomic E-state index is 12.1. The van der Waals surface area contributed by atoms with Gasteiger partial charge in [-0.25, -0.2) is 0 Å². The molecular formula is C18H24N2O4S. The predicted molar refractivity (Wildman–Crippen MR) is 99.5 cm³/mol. The van der Waals surface area contributed by atoms with Gasteiger partial charge in [0.25, 0.3) is 0 Å². The molecule has 136 valence electrons. The van der Waals surface area contributed by atoms with Gasteiger partial charge in [0, 0.05) is 23.1 Å². The summed E-state index contributed by atoms with van der Waals surface area (Å²) < 4.78 is 16.2. The maximum Gasteiger partial charge on any atom is 0.234 e. The van der Waals surface area contributed by atoms with Crippen LogP contribution in [-0.4, -0.2) is 30.0 Å². The molecule has 25 heavy (non-hydrogen) atoms. The molecule has 0 unspecified atom stereocenters. The lowest BCUT2D eigenvalue weighted by molar-refractivity contribution is -0.113. The normalized spacial score (nSPS) is 10.6. The Morgan fingerprint density at radius 3 is 2.56 bits per heavy atom. The van der Waals surface area contributed by atoms with Crippen molar-refractivity contribution in [2.75, 3.05) is 24.3 Å². The Balaban J connectivity index is 1.90. The van der Waals surface area contributed by atoms with Crippen molar-refractivity contribution in [3.05, 3.63) is 35.2 Å². The van der Waals surface area contributed by atoms with Crippen molar-refractivity contribution in [2.24, 2.45) is 0 Å². The summed E-state index contributed by atoms with van der Waals surface area (Å²) in [5.41, 5.74) is 2.62. The highest BCUT2D eigenvalue weighted by atomic mass is 32.2. The van der Waals surface area contributed by atoms with E-state index in [1.807, 2.05) is 33.8 Å². The zero-order chi connectivity index (χ0) is 18.2. The van der Waals surface area contributed by atoms with Crippen LogP contribution in [0.5, 0.6) is 11.5 Å². The number of aromatic nitrogens is 1. The molecule has 7 heteroatoms. The molecule has 2 aromatic rings. The first kappa shape index (κ1) is 19.2. The molecule has 1 aromatic carbocycles.